The maximum Gasteiger partial charge on any atom is 0.454 e. The van der Waals surface area contributed by atoms with E-state index in [1.165, 1.54) is 17.0 Å². The summed E-state index contributed by atoms with van der Waals surface area (Å²) in [6, 6.07) is 2.92. The first kappa shape index (κ1) is 27.4. The van der Waals surface area contributed by atoms with Crippen LogP contribution >= 0.6 is 0 Å². The molecule has 12 nitrogen and oxygen atoms in total. The standard InChI is InChI=1S/C21H33BN4O8/c1-12(22(32)33)7-13-5-6-15(17(18(13)28)19(29)30)34-14-9-26(10-14)11-21(2,23)20(31)24-8-16(27)25(3)4/h5-6,12,14,28,32-33H,7-11,23H2,1-4H3,(H,24,31)(H,29,30)/t12-,21+/m1/s1. The van der Waals surface area contributed by atoms with E-state index in [4.69, 9.17) is 10.5 Å². The number of rotatable bonds is 11. The zero-order chi connectivity index (χ0) is 25.8. The van der Waals surface area contributed by atoms with Crippen LogP contribution in [0.25, 0.3) is 0 Å². The van der Waals surface area contributed by atoms with Crippen molar-refractivity contribution in [1.29, 1.82) is 0 Å². The number of likely N-dealkylation sites (N-methyl/N-ethyl adjacent to an activating group) is 1. The predicted octanol–water partition coefficient (Wildman–Crippen LogP) is -1.52. The Bertz CT molecular complexity index is 918. The van der Waals surface area contributed by atoms with E-state index in [0.717, 1.165) is 0 Å². The molecule has 1 fully saturated rings. The van der Waals surface area contributed by atoms with Crippen molar-refractivity contribution < 1.29 is 39.4 Å². The lowest BCUT2D eigenvalue weighted by Crippen LogP contribution is -2.64. The molecule has 0 aliphatic carbocycles. The minimum absolute atomic E-state index is 0.00829. The van der Waals surface area contributed by atoms with Crippen LogP contribution in [0.4, 0.5) is 0 Å². The van der Waals surface area contributed by atoms with Gasteiger partial charge in [0.05, 0.1) is 6.54 Å². The van der Waals surface area contributed by atoms with Crippen molar-refractivity contribution in [2.24, 2.45) is 5.73 Å². The number of hydrogen-bond donors (Lipinski definition) is 6. The van der Waals surface area contributed by atoms with Crippen LogP contribution in [-0.4, -0.2) is 107 Å². The third-order valence-corrected chi connectivity index (χ3v) is 5.68. The van der Waals surface area contributed by atoms with Crippen molar-refractivity contribution in [2.75, 3.05) is 40.3 Å². The van der Waals surface area contributed by atoms with Gasteiger partial charge in [0.25, 0.3) is 0 Å². The molecule has 1 heterocycles. The number of nitrogens with two attached hydrogens (primary N) is 1. The lowest BCUT2D eigenvalue weighted by Gasteiger charge is -2.42. The molecule has 7 N–H and O–H groups in total. The molecule has 0 aromatic heterocycles. The number of nitrogens with zero attached hydrogens (tertiary/aromatic N) is 2. The van der Waals surface area contributed by atoms with Gasteiger partial charge in [-0.05, 0) is 30.8 Å². The molecule has 0 unspecified atom stereocenters. The van der Waals surface area contributed by atoms with Gasteiger partial charge in [-0.2, -0.15) is 0 Å². The number of benzene rings is 1. The highest BCUT2D eigenvalue weighted by Crippen LogP contribution is 2.35. The summed E-state index contributed by atoms with van der Waals surface area (Å²) in [6.45, 7) is 3.92. The van der Waals surface area contributed by atoms with Crippen molar-refractivity contribution in [3.05, 3.63) is 23.3 Å². The zero-order valence-corrected chi connectivity index (χ0v) is 19.8. The molecule has 1 aromatic carbocycles. The quantitative estimate of drug-likeness (QED) is 0.203. The third kappa shape index (κ3) is 6.82. The van der Waals surface area contributed by atoms with Gasteiger partial charge < -0.3 is 40.9 Å². The van der Waals surface area contributed by atoms with Gasteiger partial charge in [0.2, 0.25) is 11.8 Å². The number of carboxylic acids is 1. The fourth-order valence-corrected chi connectivity index (χ4v) is 3.50. The summed E-state index contributed by atoms with van der Waals surface area (Å²) in [5, 5.41) is 41.1. The van der Waals surface area contributed by atoms with E-state index in [1.807, 2.05) is 4.90 Å². The number of carboxylic acid groups (broad SMARTS) is 1. The van der Waals surface area contributed by atoms with Crippen LogP contribution in [0.5, 0.6) is 11.5 Å². The van der Waals surface area contributed by atoms with E-state index in [2.05, 4.69) is 5.32 Å². The average Bonchev–Trinajstić information content (AvgIpc) is 2.71. The Morgan fingerprint density at radius 3 is 2.47 bits per heavy atom. The number of ether oxygens (including phenoxy) is 1. The van der Waals surface area contributed by atoms with E-state index in [1.54, 1.807) is 27.9 Å². The first-order valence-electron chi connectivity index (χ1n) is 10.8. The minimum Gasteiger partial charge on any atom is -0.507 e. The Labute approximate surface area is 198 Å². The number of phenols is 1. The fourth-order valence-electron chi connectivity index (χ4n) is 3.50. The van der Waals surface area contributed by atoms with Crippen molar-refractivity contribution in [1.82, 2.24) is 15.1 Å². The second-order valence-corrected chi connectivity index (χ2v) is 9.17. The molecular weight excluding hydrogens is 447 g/mol. The normalized spacial score (nSPS) is 16.7. The molecule has 1 aliphatic heterocycles. The second-order valence-electron chi connectivity index (χ2n) is 9.17. The number of likely N-dealkylation sites (tertiary alicyclic amines) is 1. The van der Waals surface area contributed by atoms with Gasteiger partial charge in [-0.25, -0.2) is 4.79 Å². The van der Waals surface area contributed by atoms with Crippen LogP contribution in [-0.2, 0) is 16.0 Å². The van der Waals surface area contributed by atoms with Gasteiger partial charge in [-0.3, -0.25) is 14.5 Å². The molecule has 0 radical (unpaired) electrons. The largest absolute Gasteiger partial charge is 0.507 e. The topological polar surface area (TPSA) is 186 Å². The lowest BCUT2D eigenvalue weighted by molar-refractivity contribution is -0.133. The highest BCUT2D eigenvalue weighted by Gasteiger charge is 2.38. The first-order chi connectivity index (χ1) is 15.7. The maximum absolute atomic E-state index is 12.4. The summed E-state index contributed by atoms with van der Waals surface area (Å²) in [7, 11) is 1.56. The van der Waals surface area contributed by atoms with Gasteiger partial charge in [0.15, 0.2) is 0 Å². The van der Waals surface area contributed by atoms with E-state index in [9.17, 15) is 34.6 Å². The fraction of sp³-hybridized carbons (Fsp3) is 0.571. The molecule has 0 saturated carbocycles. The summed E-state index contributed by atoms with van der Waals surface area (Å²) in [5.41, 5.74) is 4.74. The summed E-state index contributed by atoms with van der Waals surface area (Å²) in [5.74, 6) is -3.20. The Kier molecular flexibility index (Phi) is 8.89. The molecule has 1 saturated heterocycles. The number of aromatic carboxylic acids is 1. The van der Waals surface area contributed by atoms with Crippen LogP contribution in [0, 0.1) is 0 Å². The number of hydrogen-bond acceptors (Lipinski definition) is 9. The molecule has 0 bridgehead atoms. The molecule has 188 valence electrons. The highest BCUT2D eigenvalue weighted by molar-refractivity contribution is 6.43. The molecule has 34 heavy (non-hydrogen) atoms. The predicted molar refractivity (Wildman–Crippen MR) is 124 cm³/mol. The molecule has 13 heteroatoms. The van der Waals surface area contributed by atoms with Crippen molar-refractivity contribution >= 4 is 24.9 Å². The van der Waals surface area contributed by atoms with Gasteiger partial charge in [-0.1, -0.05) is 13.0 Å². The molecule has 1 aliphatic rings. The zero-order valence-electron chi connectivity index (χ0n) is 19.8. The summed E-state index contributed by atoms with van der Waals surface area (Å²) in [4.78, 5) is 39.0. The molecule has 0 spiro atoms. The van der Waals surface area contributed by atoms with Gasteiger partial charge in [0.1, 0.15) is 28.7 Å². The van der Waals surface area contributed by atoms with Crippen molar-refractivity contribution in [3.63, 3.8) is 0 Å². The number of aromatic hydroxyl groups is 1. The smallest absolute Gasteiger partial charge is 0.454 e. The third-order valence-electron chi connectivity index (χ3n) is 5.68. The van der Waals surface area contributed by atoms with Crippen LogP contribution < -0.4 is 15.8 Å². The summed E-state index contributed by atoms with van der Waals surface area (Å²) in [6.07, 6.45) is -0.311. The first-order valence-corrected chi connectivity index (χ1v) is 10.8. The Morgan fingerprint density at radius 1 is 1.32 bits per heavy atom. The molecular formula is C21H33BN4O8. The molecule has 1 aromatic rings. The average molecular weight is 480 g/mol. The van der Waals surface area contributed by atoms with Gasteiger partial charge in [-0.15, -0.1) is 0 Å². The van der Waals surface area contributed by atoms with E-state index < -0.39 is 41.7 Å². The second kappa shape index (κ2) is 11.0. The Balaban J connectivity index is 1.96. The van der Waals surface area contributed by atoms with Crippen LogP contribution in [0.3, 0.4) is 0 Å². The van der Waals surface area contributed by atoms with Crippen LogP contribution in [0.2, 0.25) is 5.82 Å². The summed E-state index contributed by atoms with van der Waals surface area (Å²) < 4.78 is 5.77. The molecule has 2 amide bonds. The number of amides is 2. The maximum atomic E-state index is 12.4. The van der Waals surface area contributed by atoms with E-state index >= 15 is 0 Å². The molecule has 2 rings (SSSR count). The van der Waals surface area contributed by atoms with E-state index in [0.29, 0.717) is 13.1 Å². The van der Waals surface area contributed by atoms with Crippen LogP contribution in [0.15, 0.2) is 12.1 Å². The number of carbonyl (C=O) groups is 3. The molecule has 2 atom stereocenters. The highest BCUT2D eigenvalue weighted by atomic mass is 16.5. The minimum atomic E-state index is -1.60. The van der Waals surface area contributed by atoms with Gasteiger partial charge >= 0.3 is 13.1 Å². The van der Waals surface area contributed by atoms with E-state index in [-0.39, 0.29) is 42.8 Å². The lowest BCUT2D eigenvalue weighted by atomic mass is 9.71. The number of carbonyl (C=O) groups excluding carboxylic acids is 2. The van der Waals surface area contributed by atoms with Crippen molar-refractivity contribution in [3.8, 4) is 11.5 Å². The summed E-state index contributed by atoms with van der Waals surface area (Å²) >= 11 is 0. The Morgan fingerprint density at radius 2 is 1.94 bits per heavy atom. The van der Waals surface area contributed by atoms with Gasteiger partial charge in [0, 0.05) is 33.7 Å². The SMILES string of the molecule is C[C@H](Cc1ccc(OC2CN(C[C@](C)(N)C(=O)NCC(=O)N(C)C)C2)c(C(=O)O)c1O)B(O)O. The van der Waals surface area contributed by atoms with Crippen LogP contribution in [0.1, 0.15) is 29.8 Å². The Hall–Kier alpha value is -2.87. The van der Waals surface area contributed by atoms with Crippen molar-refractivity contribution in [2.45, 2.75) is 37.7 Å². The number of nitrogens with one attached hydrogen (secondary N) is 1. The monoisotopic (exact) mass is 480 g/mol.